The first kappa shape index (κ1) is 26.9. The molecule has 1 saturated heterocycles. The molecule has 9 heteroatoms. The first-order valence-electron chi connectivity index (χ1n) is 12.5. The van der Waals surface area contributed by atoms with Gasteiger partial charge in [-0.05, 0) is 66.6 Å². The molecule has 202 valence electrons. The molecule has 0 saturated carbocycles. The Kier molecular flexibility index (Phi) is 7.79. The molecule has 1 heterocycles. The highest BCUT2D eigenvalue weighted by Gasteiger charge is 2.47. The summed E-state index contributed by atoms with van der Waals surface area (Å²) in [4.78, 5) is 40.5. The molecule has 1 aliphatic rings. The number of halogens is 2. The fourth-order valence-corrected chi connectivity index (χ4v) is 4.66. The van der Waals surface area contributed by atoms with E-state index >= 15 is 0 Å². The van der Waals surface area contributed by atoms with Gasteiger partial charge >= 0.3 is 6.09 Å². The lowest BCUT2D eigenvalue weighted by Crippen LogP contribution is -2.43. The molecule has 1 aliphatic heterocycles. The van der Waals surface area contributed by atoms with Gasteiger partial charge < -0.3 is 15.4 Å². The van der Waals surface area contributed by atoms with Crippen molar-refractivity contribution in [3.8, 4) is 0 Å². The summed E-state index contributed by atoms with van der Waals surface area (Å²) < 4.78 is 19.5. The maximum Gasteiger partial charge on any atom is 0.411 e. The van der Waals surface area contributed by atoms with Crippen LogP contribution in [-0.2, 0) is 16.1 Å². The van der Waals surface area contributed by atoms with Gasteiger partial charge in [0.15, 0.2) is 12.1 Å². The van der Waals surface area contributed by atoms with E-state index in [0.29, 0.717) is 21.8 Å². The largest absolute Gasteiger partial charge is 0.438 e. The first-order chi connectivity index (χ1) is 19.3. The third-order valence-electron chi connectivity index (χ3n) is 6.50. The number of anilines is 2. The summed E-state index contributed by atoms with van der Waals surface area (Å²) in [5.74, 6) is -1.36. The molecule has 1 fully saturated rings. The van der Waals surface area contributed by atoms with Gasteiger partial charge in [0.25, 0.3) is 11.8 Å². The second kappa shape index (κ2) is 11.6. The van der Waals surface area contributed by atoms with Crippen molar-refractivity contribution in [2.24, 2.45) is 0 Å². The number of aryl methyl sites for hydroxylation is 1. The fraction of sp³-hybridized carbons (Fsp3) is 0.129. The number of cyclic esters (lactones) is 1. The molecule has 3 amide bonds. The fourth-order valence-electron chi connectivity index (χ4n) is 4.47. The van der Waals surface area contributed by atoms with E-state index in [0.717, 1.165) is 11.1 Å². The van der Waals surface area contributed by atoms with E-state index in [1.165, 1.54) is 23.1 Å². The zero-order chi connectivity index (χ0) is 28.2. The number of carbonyl (C=O) groups excluding carboxylic acids is 3. The normalized spacial score (nSPS) is 16.4. The van der Waals surface area contributed by atoms with Crippen molar-refractivity contribution >= 4 is 40.9 Å². The SMILES string of the molecule is Cc1ccc(CN2C(=O)O[C@H](c3ccc(NC(=O)c4cccc(Cl)c4)cc3)[C@H]2C(=O)Nc2cccc(F)c2)cc1. The van der Waals surface area contributed by atoms with Crippen LogP contribution in [-0.4, -0.2) is 28.8 Å². The van der Waals surface area contributed by atoms with E-state index in [9.17, 15) is 18.8 Å². The zero-order valence-corrected chi connectivity index (χ0v) is 22.2. The molecule has 40 heavy (non-hydrogen) atoms. The van der Waals surface area contributed by atoms with Crippen LogP contribution in [0.2, 0.25) is 5.02 Å². The second-order valence-corrected chi connectivity index (χ2v) is 9.89. The van der Waals surface area contributed by atoms with Crippen molar-refractivity contribution in [3.63, 3.8) is 0 Å². The molecule has 2 atom stereocenters. The molecule has 0 aromatic heterocycles. The van der Waals surface area contributed by atoms with Gasteiger partial charge in [0.1, 0.15) is 5.82 Å². The molecule has 4 aromatic carbocycles. The van der Waals surface area contributed by atoms with Gasteiger partial charge in [-0.3, -0.25) is 14.5 Å². The van der Waals surface area contributed by atoms with Crippen molar-refractivity contribution in [2.45, 2.75) is 25.6 Å². The van der Waals surface area contributed by atoms with E-state index in [1.54, 1.807) is 54.6 Å². The Morgan fingerprint density at radius 1 is 0.900 bits per heavy atom. The van der Waals surface area contributed by atoms with E-state index in [4.69, 9.17) is 16.3 Å². The molecule has 0 spiro atoms. The Morgan fingerprint density at radius 2 is 1.62 bits per heavy atom. The van der Waals surface area contributed by atoms with Crippen LogP contribution in [0.15, 0.2) is 97.1 Å². The quantitative estimate of drug-likeness (QED) is 0.263. The molecular formula is C31H25ClFN3O4. The van der Waals surface area contributed by atoms with Gasteiger partial charge in [0, 0.05) is 22.0 Å². The highest BCUT2D eigenvalue weighted by atomic mass is 35.5. The average Bonchev–Trinajstić information content (AvgIpc) is 3.26. The lowest BCUT2D eigenvalue weighted by atomic mass is 10.00. The van der Waals surface area contributed by atoms with Crippen molar-refractivity contribution < 1.29 is 23.5 Å². The van der Waals surface area contributed by atoms with Gasteiger partial charge in [-0.1, -0.05) is 65.7 Å². The number of nitrogens with zero attached hydrogens (tertiary/aromatic N) is 1. The summed E-state index contributed by atoms with van der Waals surface area (Å²) in [5, 5.41) is 5.96. The summed E-state index contributed by atoms with van der Waals surface area (Å²) in [6.07, 6.45) is -1.59. The minimum absolute atomic E-state index is 0.143. The molecular weight excluding hydrogens is 533 g/mol. The van der Waals surface area contributed by atoms with E-state index in [1.807, 2.05) is 31.2 Å². The topological polar surface area (TPSA) is 87.7 Å². The van der Waals surface area contributed by atoms with Crippen LogP contribution in [0.5, 0.6) is 0 Å². The van der Waals surface area contributed by atoms with Crippen LogP contribution in [0, 0.1) is 12.7 Å². The Morgan fingerprint density at radius 3 is 2.33 bits per heavy atom. The summed E-state index contributed by atoms with van der Waals surface area (Å²) in [5.41, 5.74) is 3.62. The number of ether oxygens (including phenoxy) is 1. The van der Waals surface area contributed by atoms with Crippen LogP contribution in [0.4, 0.5) is 20.6 Å². The number of benzene rings is 4. The third kappa shape index (κ3) is 6.13. The lowest BCUT2D eigenvalue weighted by Gasteiger charge is -2.24. The third-order valence-corrected chi connectivity index (χ3v) is 6.74. The van der Waals surface area contributed by atoms with Gasteiger partial charge in [-0.15, -0.1) is 0 Å². The summed E-state index contributed by atoms with van der Waals surface area (Å²) >= 11 is 5.99. The minimum atomic E-state index is -1.04. The predicted molar refractivity (Wildman–Crippen MR) is 151 cm³/mol. The molecule has 0 aliphatic carbocycles. The van der Waals surface area contributed by atoms with Crippen molar-refractivity contribution in [3.05, 3.63) is 130 Å². The maximum atomic E-state index is 13.8. The average molecular weight is 558 g/mol. The van der Waals surface area contributed by atoms with Crippen LogP contribution >= 0.6 is 11.6 Å². The maximum absolute atomic E-state index is 13.8. The Bertz CT molecular complexity index is 1560. The second-order valence-electron chi connectivity index (χ2n) is 9.45. The number of rotatable bonds is 7. The Balaban J connectivity index is 1.39. The van der Waals surface area contributed by atoms with Crippen LogP contribution in [0.3, 0.4) is 0 Å². The molecule has 0 bridgehead atoms. The first-order valence-corrected chi connectivity index (χ1v) is 12.9. The molecule has 0 unspecified atom stereocenters. The molecule has 7 nitrogen and oxygen atoms in total. The van der Waals surface area contributed by atoms with Crippen molar-refractivity contribution in [2.75, 3.05) is 10.6 Å². The van der Waals surface area contributed by atoms with Gasteiger partial charge in [-0.25, -0.2) is 9.18 Å². The van der Waals surface area contributed by atoms with E-state index < -0.39 is 30.0 Å². The van der Waals surface area contributed by atoms with Gasteiger partial charge in [0.2, 0.25) is 0 Å². The molecule has 4 aromatic rings. The number of hydrogen-bond donors (Lipinski definition) is 2. The Labute approximate surface area is 235 Å². The van der Waals surface area contributed by atoms with Crippen LogP contribution in [0.1, 0.15) is 33.2 Å². The minimum Gasteiger partial charge on any atom is -0.438 e. The van der Waals surface area contributed by atoms with Crippen LogP contribution in [0.25, 0.3) is 0 Å². The van der Waals surface area contributed by atoms with Crippen LogP contribution < -0.4 is 10.6 Å². The standard InChI is InChI=1S/C31H25ClFN3O4/c1-19-8-10-20(11-9-19)18-36-27(30(38)35-26-7-3-6-24(33)17-26)28(40-31(36)39)21-12-14-25(15-13-21)34-29(37)22-4-2-5-23(32)16-22/h2-17,27-28H,18H2,1H3,(H,34,37)(H,35,38)/t27-,28+/m0/s1. The summed E-state index contributed by atoms with van der Waals surface area (Å²) in [6.45, 7) is 2.10. The number of amides is 3. The van der Waals surface area contributed by atoms with Crippen molar-refractivity contribution in [1.82, 2.24) is 4.90 Å². The highest BCUT2D eigenvalue weighted by molar-refractivity contribution is 6.31. The number of hydrogen-bond acceptors (Lipinski definition) is 4. The number of nitrogens with one attached hydrogen (secondary N) is 2. The van der Waals surface area contributed by atoms with E-state index in [-0.39, 0.29) is 18.1 Å². The Hall–Kier alpha value is -4.69. The van der Waals surface area contributed by atoms with E-state index in [2.05, 4.69) is 10.6 Å². The molecule has 2 N–H and O–H groups in total. The summed E-state index contributed by atoms with van der Waals surface area (Å²) in [6, 6.07) is 25.4. The smallest absolute Gasteiger partial charge is 0.411 e. The highest BCUT2D eigenvalue weighted by Crippen LogP contribution is 2.35. The van der Waals surface area contributed by atoms with Gasteiger partial charge in [0.05, 0.1) is 6.54 Å². The molecule has 0 radical (unpaired) electrons. The predicted octanol–water partition coefficient (Wildman–Crippen LogP) is 6.74. The lowest BCUT2D eigenvalue weighted by molar-refractivity contribution is -0.121. The number of carbonyl (C=O) groups is 3. The van der Waals surface area contributed by atoms with Gasteiger partial charge in [-0.2, -0.15) is 0 Å². The van der Waals surface area contributed by atoms with Crippen molar-refractivity contribution in [1.29, 1.82) is 0 Å². The summed E-state index contributed by atoms with van der Waals surface area (Å²) in [7, 11) is 0. The zero-order valence-electron chi connectivity index (χ0n) is 21.4. The monoisotopic (exact) mass is 557 g/mol. The molecule has 5 rings (SSSR count).